The Morgan fingerprint density at radius 2 is 2.29 bits per heavy atom. The minimum Gasteiger partial charge on any atom is -0.494 e. The van der Waals surface area contributed by atoms with Crippen molar-refractivity contribution in [1.29, 1.82) is 0 Å². The molecule has 0 bridgehead atoms. The number of benzene rings is 1. The summed E-state index contributed by atoms with van der Waals surface area (Å²) in [5, 5.41) is 10.2. The van der Waals surface area contributed by atoms with E-state index in [0.29, 0.717) is 22.8 Å². The lowest BCUT2D eigenvalue weighted by Crippen LogP contribution is -2.28. The summed E-state index contributed by atoms with van der Waals surface area (Å²) in [5.74, 6) is 0.631. The van der Waals surface area contributed by atoms with E-state index in [1.807, 2.05) is 6.92 Å². The molecule has 0 fully saturated rings. The molecule has 0 amide bonds. The molecule has 1 aromatic rings. The third-order valence-electron chi connectivity index (χ3n) is 2.54. The van der Waals surface area contributed by atoms with Gasteiger partial charge in [0, 0.05) is 11.6 Å². The zero-order valence-corrected chi connectivity index (χ0v) is 10.9. The van der Waals surface area contributed by atoms with Crippen LogP contribution in [-0.4, -0.2) is 25.3 Å². The molecule has 1 unspecified atom stereocenters. The SMILES string of the molecule is CCOc1cc(Cl)c2c(c1)B(O)OC2CN.Cl. The summed E-state index contributed by atoms with van der Waals surface area (Å²) < 4.78 is 10.6. The van der Waals surface area contributed by atoms with E-state index in [2.05, 4.69) is 0 Å². The van der Waals surface area contributed by atoms with Gasteiger partial charge in [-0.15, -0.1) is 12.4 Å². The molecule has 7 heteroatoms. The molecule has 1 aliphatic heterocycles. The van der Waals surface area contributed by atoms with Crippen molar-refractivity contribution in [1.82, 2.24) is 0 Å². The van der Waals surface area contributed by atoms with Crippen LogP contribution >= 0.6 is 24.0 Å². The highest BCUT2D eigenvalue weighted by atomic mass is 35.5. The monoisotopic (exact) mass is 277 g/mol. The van der Waals surface area contributed by atoms with Crippen LogP contribution in [0.4, 0.5) is 0 Å². The number of fused-ring (bicyclic) bond motifs is 1. The van der Waals surface area contributed by atoms with Gasteiger partial charge in [0.1, 0.15) is 5.75 Å². The second-order valence-corrected chi connectivity index (χ2v) is 3.96. The first-order chi connectivity index (χ1) is 7.67. The summed E-state index contributed by atoms with van der Waals surface area (Å²) >= 11 is 6.12. The number of nitrogens with two attached hydrogens (primary N) is 1. The summed E-state index contributed by atoms with van der Waals surface area (Å²) in [6.45, 7) is 2.72. The number of hydrogen-bond acceptors (Lipinski definition) is 4. The molecule has 0 spiro atoms. The maximum absolute atomic E-state index is 9.71. The Balaban J connectivity index is 0.00000144. The van der Waals surface area contributed by atoms with Gasteiger partial charge in [-0.1, -0.05) is 11.6 Å². The van der Waals surface area contributed by atoms with Crippen LogP contribution in [0.5, 0.6) is 5.75 Å². The number of hydrogen-bond donors (Lipinski definition) is 2. The van der Waals surface area contributed by atoms with E-state index in [1.165, 1.54) is 0 Å². The van der Waals surface area contributed by atoms with E-state index >= 15 is 0 Å². The molecule has 0 aliphatic carbocycles. The molecule has 0 aromatic heterocycles. The van der Waals surface area contributed by atoms with Gasteiger partial charge in [-0.3, -0.25) is 0 Å². The topological polar surface area (TPSA) is 64.7 Å². The van der Waals surface area contributed by atoms with Gasteiger partial charge in [0.15, 0.2) is 0 Å². The van der Waals surface area contributed by atoms with E-state index in [9.17, 15) is 5.02 Å². The van der Waals surface area contributed by atoms with Gasteiger partial charge in [0.05, 0.1) is 12.7 Å². The van der Waals surface area contributed by atoms with E-state index in [0.717, 1.165) is 5.56 Å². The van der Waals surface area contributed by atoms with Crippen molar-refractivity contribution in [3.05, 3.63) is 22.7 Å². The number of ether oxygens (including phenoxy) is 1. The molecule has 0 saturated carbocycles. The molecule has 1 aliphatic rings. The summed E-state index contributed by atoms with van der Waals surface area (Å²) in [7, 11) is -0.971. The molecule has 2 rings (SSSR count). The van der Waals surface area contributed by atoms with E-state index in [-0.39, 0.29) is 25.1 Å². The minimum atomic E-state index is -0.971. The van der Waals surface area contributed by atoms with Crippen LogP contribution in [0, 0.1) is 0 Å². The molecule has 0 saturated heterocycles. The first-order valence-corrected chi connectivity index (χ1v) is 5.55. The Kier molecular flexibility index (Phi) is 5.10. The largest absolute Gasteiger partial charge is 0.494 e. The fourth-order valence-electron chi connectivity index (χ4n) is 1.88. The van der Waals surface area contributed by atoms with E-state index < -0.39 is 7.12 Å². The molecule has 1 atom stereocenters. The van der Waals surface area contributed by atoms with Gasteiger partial charge in [-0.05, 0) is 30.1 Å². The average molecular weight is 278 g/mol. The quantitative estimate of drug-likeness (QED) is 0.805. The van der Waals surface area contributed by atoms with Crippen molar-refractivity contribution in [3.8, 4) is 5.75 Å². The second-order valence-electron chi connectivity index (χ2n) is 3.55. The Morgan fingerprint density at radius 1 is 1.59 bits per heavy atom. The van der Waals surface area contributed by atoms with Gasteiger partial charge in [0.25, 0.3) is 0 Å². The van der Waals surface area contributed by atoms with Crippen LogP contribution in [0.2, 0.25) is 5.02 Å². The van der Waals surface area contributed by atoms with Crippen molar-refractivity contribution < 1.29 is 14.4 Å². The third-order valence-corrected chi connectivity index (χ3v) is 2.85. The average Bonchev–Trinajstić information content (AvgIpc) is 2.57. The number of rotatable bonds is 3. The minimum absolute atomic E-state index is 0. The van der Waals surface area contributed by atoms with Crippen LogP contribution in [0.3, 0.4) is 0 Å². The predicted molar refractivity (Wildman–Crippen MR) is 70.4 cm³/mol. The van der Waals surface area contributed by atoms with Crippen molar-refractivity contribution >= 4 is 36.6 Å². The predicted octanol–water partition coefficient (Wildman–Crippen LogP) is 0.878. The summed E-state index contributed by atoms with van der Waals surface area (Å²) in [4.78, 5) is 0. The van der Waals surface area contributed by atoms with Crippen molar-refractivity contribution in [2.45, 2.75) is 13.0 Å². The van der Waals surface area contributed by atoms with E-state index in [1.54, 1.807) is 12.1 Å². The Labute approximate surface area is 112 Å². The zero-order valence-electron chi connectivity index (χ0n) is 9.35. The highest BCUT2D eigenvalue weighted by Gasteiger charge is 2.36. The molecule has 0 radical (unpaired) electrons. The van der Waals surface area contributed by atoms with Gasteiger partial charge >= 0.3 is 7.12 Å². The van der Waals surface area contributed by atoms with Gasteiger partial charge in [-0.25, -0.2) is 0 Å². The van der Waals surface area contributed by atoms with Gasteiger partial charge in [-0.2, -0.15) is 0 Å². The maximum Gasteiger partial charge on any atom is 0.492 e. The van der Waals surface area contributed by atoms with Crippen molar-refractivity contribution in [2.75, 3.05) is 13.2 Å². The highest BCUT2D eigenvalue weighted by Crippen LogP contribution is 2.32. The van der Waals surface area contributed by atoms with Crippen molar-refractivity contribution in [2.24, 2.45) is 5.73 Å². The molecule has 1 aromatic carbocycles. The van der Waals surface area contributed by atoms with Crippen molar-refractivity contribution in [3.63, 3.8) is 0 Å². The molecule has 94 valence electrons. The maximum atomic E-state index is 9.71. The molecule has 17 heavy (non-hydrogen) atoms. The first-order valence-electron chi connectivity index (χ1n) is 5.17. The zero-order chi connectivity index (χ0) is 11.7. The van der Waals surface area contributed by atoms with Crippen LogP contribution in [0.15, 0.2) is 12.1 Å². The number of halogens is 2. The fraction of sp³-hybridized carbons (Fsp3) is 0.400. The van der Waals surface area contributed by atoms with Crippen LogP contribution in [0.1, 0.15) is 18.6 Å². The molecule has 1 heterocycles. The van der Waals surface area contributed by atoms with Gasteiger partial charge < -0.3 is 20.1 Å². The van der Waals surface area contributed by atoms with Crippen LogP contribution in [0.25, 0.3) is 0 Å². The lowest BCUT2D eigenvalue weighted by atomic mass is 9.79. The normalized spacial score (nSPS) is 17.6. The summed E-state index contributed by atoms with van der Waals surface area (Å²) in [6, 6.07) is 3.46. The van der Waals surface area contributed by atoms with Crippen LogP contribution < -0.4 is 15.9 Å². The Hall–Kier alpha value is -0.455. The first kappa shape index (κ1) is 14.6. The second kappa shape index (κ2) is 5.93. The Morgan fingerprint density at radius 3 is 2.88 bits per heavy atom. The Bertz CT molecular complexity index is 405. The van der Waals surface area contributed by atoms with Gasteiger partial charge in [0.2, 0.25) is 0 Å². The smallest absolute Gasteiger partial charge is 0.492 e. The van der Waals surface area contributed by atoms with Crippen LogP contribution in [-0.2, 0) is 4.65 Å². The van der Waals surface area contributed by atoms with E-state index in [4.69, 9.17) is 26.7 Å². The fourth-order valence-corrected chi connectivity index (χ4v) is 2.22. The molecular formula is C10H14BCl2NO3. The lowest BCUT2D eigenvalue weighted by molar-refractivity contribution is 0.198. The lowest BCUT2D eigenvalue weighted by Gasteiger charge is -2.11. The summed E-state index contributed by atoms with van der Waals surface area (Å²) in [5.41, 5.74) is 6.96. The highest BCUT2D eigenvalue weighted by molar-refractivity contribution is 6.62. The molecule has 3 N–H and O–H groups in total. The third kappa shape index (κ3) is 2.69. The molecular weight excluding hydrogens is 264 g/mol. The molecule has 4 nitrogen and oxygen atoms in total. The standard InChI is InChI=1S/C10H13BClNO3.ClH/c1-2-15-6-3-7-10(8(12)4-6)9(5-13)16-11(7)14;/h3-4,9,14H,2,5,13H2,1H3;1H. The summed E-state index contributed by atoms with van der Waals surface area (Å²) in [6.07, 6.45) is -0.340.